The molecule has 0 saturated carbocycles. The second-order valence-electron chi connectivity index (χ2n) is 4.29. The molecule has 0 aliphatic carbocycles. The molecule has 0 aromatic heterocycles. The van der Waals surface area contributed by atoms with E-state index in [1.165, 1.54) is 13.0 Å². The van der Waals surface area contributed by atoms with Gasteiger partial charge in [0.2, 0.25) is 0 Å². The summed E-state index contributed by atoms with van der Waals surface area (Å²) in [5.41, 5.74) is 0. The number of ether oxygens (including phenoxy) is 1. The first kappa shape index (κ1) is 19.6. The minimum Gasteiger partial charge on any atom is -0.457 e. The van der Waals surface area contributed by atoms with Gasteiger partial charge in [0, 0.05) is 6.08 Å². The van der Waals surface area contributed by atoms with E-state index in [9.17, 15) is 9.36 Å². The monoisotopic (exact) mass is 284 g/mol. The van der Waals surface area contributed by atoms with Gasteiger partial charge in [0.25, 0.3) is 0 Å². The van der Waals surface area contributed by atoms with Crippen molar-refractivity contribution in [2.24, 2.45) is 0 Å². The van der Waals surface area contributed by atoms with E-state index < -0.39 is 7.82 Å². The summed E-state index contributed by atoms with van der Waals surface area (Å²) in [6.07, 6.45) is 1.18. The number of carbonyl (C=O) groups is 1. The topological polar surface area (TPSA) is 93.1 Å². The van der Waals surface area contributed by atoms with Crippen LogP contribution in [0.3, 0.4) is 0 Å². The van der Waals surface area contributed by atoms with E-state index >= 15 is 0 Å². The van der Waals surface area contributed by atoms with Gasteiger partial charge in [-0.05, 0) is 6.92 Å². The van der Waals surface area contributed by atoms with Crippen molar-refractivity contribution >= 4 is 13.8 Å². The number of carbonyl (C=O) groups excluding carboxylic acids is 1. The third-order valence-corrected chi connectivity index (χ3v) is 2.06. The summed E-state index contributed by atoms with van der Waals surface area (Å²) < 4.78 is 19.2. The zero-order valence-corrected chi connectivity index (χ0v) is 12.2. The largest absolute Gasteiger partial charge is 0.469 e. The van der Waals surface area contributed by atoms with Gasteiger partial charge in [-0.1, -0.05) is 6.58 Å². The maximum atomic E-state index is 10.6. The van der Waals surface area contributed by atoms with Gasteiger partial charge in [-0.2, -0.15) is 0 Å². The van der Waals surface area contributed by atoms with Crippen LogP contribution in [0.1, 0.15) is 6.92 Å². The Kier molecular flexibility index (Phi) is 10.1. The standard InChI is InChI=1S/C8H16NO2.C2H7O4P/c1-5-8(10)11-7-6-9(2,3)4;1-2-6-7(3,4)5/h5H,1,6-7H2,2-4H3;2H2,1H3,(H2,3,4,5)/q+1;. The predicted octanol–water partition coefficient (Wildman–Crippen LogP) is 0.537. The second-order valence-corrected chi connectivity index (χ2v) is 5.53. The predicted molar refractivity (Wildman–Crippen MR) is 67.7 cm³/mol. The van der Waals surface area contributed by atoms with Crippen LogP contribution in [-0.2, 0) is 18.6 Å². The zero-order chi connectivity index (χ0) is 14.8. The van der Waals surface area contributed by atoms with Gasteiger partial charge in [-0.25, -0.2) is 9.36 Å². The van der Waals surface area contributed by atoms with Crippen LogP contribution in [0.4, 0.5) is 0 Å². The summed E-state index contributed by atoms with van der Waals surface area (Å²) in [4.78, 5) is 26.4. The number of phosphoric ester groups is 1. The van der Waals surface area contributed by atoms with Gasteiger partial charge >= 0.3 is 13.8 Å². The van der Waals surface area contributed by atoms with Gasteiger partial charge in [0.15, 0.2) is 0 Å². The van der Waals surface area contributed by atoms with E-state index in [4.69, 9.17) is 14.5 Å². The number of likely N-dealkylation sites (N-methyl/N-ethyl adjacent to an activating group) is 1. The molecule has 0 aromatic carbocycles. The first-order valence-corrected chi connectivity index (χ1v) is 6.84. The van der Waals surface area contributed by atoms with Gasteiger partial charge in [0.1, 0.15) is 13.2 Å². The lowest BCUT2D eigenvalue weighted by molar-refractivity contribution is -0.870. The second kappa shape index (κ2) is 9.24. The van der Waals surface area contributed by atoms with Crippen molar-refractivity contribution in [1.29, 1.82) is 0 Å². The number of hydrogen-bond donors (Lipinski definition) is 2. The van der Waals surface area contributed by atoms with Crippen molar-refractivity contribution in [2.45, 2.75) is 6.92 Å². The Bertz CT molecular complexity index is 293. The first-order valence-electron chi connectivity index (χ1n) is 5.31. The van der Waals surface area contributed by atoms with Crippen LogP contribution in [0.2, 0.25) is 0 Å². The normalized spacial score (nSPS) is 11.2. The molecule has 0 atom stereocenters. The fourth-order valence-electron chi connectivity index (χ4n) is 0.647. The fraction of sp³-hybridized carbons (Fsp3) is 0.700. The Labute approximate surface area is 108 Å². The number of phosphoric acid groups is 1. The number of quaternary nitrogens is 1. The molecular weight excluding hydrogens is 261 g/mol. The molecule has 0 unspecified atom stereocenters. The maximum absolute atomic E-state index is 10.6. The molecular formula is C10H23NO6P+. The summed E-state index contributed by atoms with van der Waals surface area (Å²) in [5, 5.41) is 0. The van der Waals surface area contributed by atoms with Gasteiger partial charge in [-0.3, -0.25) is 4.52 Å². The van der Waals surface area contributed by atoms with E-state index in [0.717, 1.165) is 11.0 Å². The molecule has 0 radical (unpaired) electrons. The van der Waals surface area contributed by atoms with Crippen molar-refractivity contribution in [3.8, 4) is 0 Å². The summed E-state index contributed by atoms with van der Waals surface area (Å²) in [6, 6.07) is 0. The number of nitrogens with zero attached hydrogens (tertiary/aromatic N) is 1. The van der Waals surface area contributed by atoms with Crippen LogP contribution >= 0.6 is 7.82 Å². The number of esters is 1. The Balaban J connectivity index is 0. The average Bonchev–Trinajstić information content (AvgIpc) is 2.14. The molecule has 7 nitrogen and oxygen atoms in total. The van der Waals surface area contributed by atoms with Crippen molar-refractivity contribution < 1.29 is 32.9 Å². The maximum Gasteiger partial charge on any atom is 0.469 e. The Morgan fingerprint density at radius 3 is 2.11 bits per heavy atom. The average molecular weight is 284 g/mol. The third kappa shape index (κ3) is 20.7. The summed E-state index contributed by atoms with van der Waals surface area (Å²) in [7, 11) is 1.96. The van der Waals surface area contributed by atoms with Gasteiger partial charge < -0.3 is 19.0 Å². The molecule has 8 heteroatoms. The van der Waals surface area contributed by atoms with Crippen molar-refractivity contribution in [1.82, 2.24) is 0 Å². The molecule has 0 amide bonds. The van der Waals surface area contributed by atoms with Crippen LogP contribution in [0.25, 0.3) is 0 Å². The molecule has 0 heterocycles. The highest BCUT2D eigenvalue weighted by Crippen LogP contribution is 2.34. The van der Waals surface area contributed by atoms with E-state index in [-0.39, 0.29) is 12.6 Å². The number of hydrogen-bond acceptors (Lipinski definition) is 4. The number of rotatable bonds is 6. The quantitative estimate of drug-likeness (QED) is 0.320. The molecule has 0 rings (SSSR count). The van der Waals surface area contributed by atoms with Crippen LogP contribution < -0.4 is 0 Å². The SMILES string of the molecule is C=CC(=O)OCC[N+](C)(C)C.CCOP(=O)(O)O. The lowest BCUT2D eigenvalue weighted by Crippen LogP contribution is -2.37. The van der Waals surface area contributed by atoms with E-state index in [0.29, 0.717) is 6.61 Å². The summed E-state index contributed by atoms with van der Waals surface area (Å²) in [6.45, 7) is 6.13. The van der Waals surface area contributed by atoms with Crippen molar-refractivity contribution in [3.05, 3.63) is 12.7 Å². The minimum absolute atomic E-state index is 0.0459. The fourth-order valence-corrected chi connectivity index (χ4v) is 0.984. The molecule has 0 fully saturated rings. The summed E-state index contributed by atoms with van der Waals surface area (Å²) >= 11 is 0. The first-order chi connectivity index (χ1) is 8.02. The molecule has 2 N–H and O–H groups in total. The van der Waals surface area contributed by atoms with Crippen molar-refractivity contribution in [2.75, 3.05) is 40.9 Å². The van der Waals surface area contributed by atoms with Gasteiger partial charge in [0.05, 0.1) is 27.7 Å². The Hall–Kier alpha value is -0.720. The van der Waals surface area contributed by atoms with Crippen LogP contribution in [0.5, 0.6) is 0 Å². The molecule has 0 aliphatic heterocycles. The molecule has 108 valence electrons. The van der Waals surface area contributed by atoms with Crippen molar-refractivity contribution in [3.63, 3.8) is 0 Å². The van der Waals surface area contributed by atoms with Crippen LogP contribution in [0.15, 0.2) is 12.7 Å². The highest BCUT2D eigenvalue weighted by atomic mass is 31.2. The molecule has 0 saturated heterocycles. The highest BCUT2D eigenvalue weighted by Gasteiger charge is 2.10. The lowest BCUT2D eigenvalue weighted by Gasteiger charge is -2.23. The molecule has 18 heavy (non-hydrogen) atoms. The van der Waals surface area contributed by atoms with Crippen LogP contribution in [0, 0.1) is 0 Å². The van der Waals surface area contributed by atoms with E-state index in [2.05, 4.69) is 11.1 Å². The lowest BCUT2D eigenvalue weighted by atomic mass is 10.5. The molecule has 0 aromatic rings. The van der Waals surface area contributed by atoms with Crippen LogP contribution in [-0.4, -0.2) is 61.1 Å². The van der Waals surface area contributed by atoms with Gasteiger partial charge in [-0.15, -0.1) is 0 Å². The highest BCUT2D eigenvalue weighted by molar-refractivity contribution is 7.46. The molecule has 0 spiro atoms. The molecule has 0 bridgehead atoms. The summed E-state index contributed by atoms with van der Waals surface area (Å²) in [5.74, 6) is -0.349. The Morgan fingerprint density at radius 1 is 1.39 bits per heavy atom. The zero-order valence-electron chi connectivity index (χ0n) is 11.3. The smallest absolute Gasteiger partial charge is 0.457 e. The van der Waals surface area contributed by atoms with E-state index in [1.54, 1.807) is 0 Å². The minimum atomic E-state index is -4.17. The Morgan fingerprint density at radius 2 is 1.89 bits per heavy atom. The third-order valence-electron chi connectivity index (χ3n) is 1.47. The molecule has 0 aliphatic rings. The van der Waals surface area contributed by atoms with E-state index in [1.807, 2.05) is 21.1 Å².